The molecule has 0 saturated carbocycles. The topological polar surface area (TPSA) is 29.3 Å². The van der Waals surface area contributed by atoms with Crippen LogP contribution in [0, 0.1) is 5.92 Å². The molecule has 2 nitrogen and oxygen atoms in total. The van der Waals surface area contributed by atoms with E-state index >= 15 is 0 Å². The Balaban J connectivity index is 1.90. The van der Waals surface area contributed by atoms with Crippen molar-refractivity contribution >= 4 is 11.6 Å². The molecule has 0 amide bonds. The Morgan fingerprint density at radius 1 is 1.17 bits per heavy atom. The quantitative estimate of drug-likeness (QED) is 0.888. The van der Waals surface area contributed by atoms with Gasteiger partial charge in [0.05, 0.1) is 0 Å². The van der Waals surface area contributed by atoms with E-state index in [1.54, 1.807) is 0 Å². The Morgan fingerprint density at radius 2 is 1.89 bits per heavy atom. The second kappa shape index (κ2) is 7.13. The van der Waals surface area contributed by atoms with Gasteiger partial charge in [-0.3, -0.25) is 0 Å². The maximum Gasteiger partial charge on any atom is 0.0438 e. The minimum absolute atomic E-state index is 0.517. The van der Waals surface area contributed by atoms with Crippen LogP contribution in [0.25, 0.3) is 0 Å². The van der Waals surface area contributed by atoms with E-state index in [0.717, 1.165) is 24.5 Å². The summed E-state index contributed by atoms with van der Waals surface area (Å²) in [4.78, 5) is 2.55. The van der Waals surface area contributed by atoms with Crippen LogP contribution in [0.2, 0.25) is 5.02 Å². The predicted molar refractivity (Wildman–Crippen MR) is 78.0 cm³/mol. The summed E-state index contributed by atoms with van der Waals surface area (Å²) in [5.74, 6) is 0.517. The molecule has 1 aliphatic heterocycles. The van der Waals surface area contributed by atoms with E-state index in [9.17, 15) is 0 Å². The molecular weight excluding hydrogens is 244 g/mol. The molecular formula is C15H23ClN2. The zero-order valence-corrected chi connectivity index (χ0v) is 11.7. The highest BCUT2D eigenvalue weighted by atomic mass is 35.5. The first-order valence-corrected chi connectivity index (χ1v) is 7.33. The second-order valence-electron chi connectivity index (χ2n) is 5.26. The lowest BCUT2D eigenvalue weighted by molar-refractivity contribution is 0.196. The summed E-state index contributed by atoms with van der Waals surface area (Å²) in [5.41, 5.74) is 7.15. The standard InChI is InChI=1S/C15H23ClN2/c16-15-7-3-2-6-14(15)10-13(11-17)12-18-8-4-1-5-9-18/h2-3,6-7,13H,1,4-5,8-12,17H2. The van der Waals surface area contributed by atoms with Crippen LogP contribution in [0.1, 0.15) is 24.8 Å². The molecule has 1 unspecified atom stereocenters. The van der Waals surface area contributed by atoms with E-state index in [-0.39, 0.29) is 0 Å². The van der Waals surface area contributed by atoms with E-state index < -0.39 is 0 Å². The molecule has 3 heteroatoms. The molecule has 100 valence electrons. The highest BCUT2D eigenvalue weighted by Crippen LogP contribution is 2.20. The Kier molecular flexibility index (Phi) is 5.48. The average Bonchev–Trinajstić information content (AvgIpc) is 2.41. The first kappa shape index (κ1) is 13.9. The van der Waals surface area contributed by atoms with Gasteiger partial charge in [-0.15, -0.1) is 0 Å². The zero-order valence-electron chi connectivity index (χ0n) is 10.9. The Hall–Kier alpha value is -0.570. The van der Waals surface area contributed by atoms with Crippen LogP contribution in [-0.4, -0.2) is 31.1 Å². The Bertz CT molecular complexity index is 361. The number of nitrogens with two attached hydrogens (primary N) is 1. The molecule has 1 heterocycles. The first-order valence-electron chi connectivity index (χ1n) is 6.95. The van der Waals surface area contributed by atoms with Gasteiger partial charge in [-0.05, 0) is 56.4 Å². The van der Waals surface area contributed by atoms with E-state index in [1.807, 2.05) is 12.1 Å². The van der Waals surface area contributed by atoms with Crippen molar-refractivity contribution < 1.29 is 0 Å². The summed E-state index contributed by atoms with van der Waals surface area (Å²) in [6, 6.07) is 8.11. The van der Waals surface area contributed by atoms with Gasteiger partial charge in [0.25, 0.3) is 0 Å². The summed E-state index contributed by atoms with van der Waals surface area (Å²) in [6.45, 7) is 4.32. The number of hydrogen-bond donors (Lipinski definition) is 1. The molecule has 1 atom stereocenters. The fourth-order valence-electron chi connectivity index (χ4n) is 2.70. The summed E-state index contributed by atoms with van der Waals surface area (Å²) < 4.78 is 0. The number of likely N-dealkylation sites (tertiary alicyclic amines) is 1. The van der Waals surface area contributed by atoms with Crippen molar-refractivity contribution in [1.82, 2.24) is 4.90 Å². The molecule has 2 N–H and O–H groups in total. The molecule has 0 radical (unpaired) electrons. The highest BCUT2D eigenvalue weighted by Gasteiger charge is 2.16. The van der Waals surface area contributed by atoms with Crippen molar-refractivity contribution in [2.75, 3.05) is 26.2 Å². The van der Waals surface area contributed by atoms with E-state index in [1.165, 1.54) is 37.9 Å². The van der Waals surface area contributed by atoms with Crippen LogP contribution in [0.3, 0.4) is 0 Å². The van der Waals surface area contributed by atoms with E-state index in [4.69, 9.17) is 17.3 Å². The third-order valence-electron chi connectivity index (χ3n) is 3.76. The van der Waals surface area contributed by atoms with Crippen molar-refractivity contribution in [3.63, 3.8) is 0 Å². The first-order chi connectivity index (χ1) is 8.79. The minimum Gasteiger partial charge on any atom is -0.330 e. The van der Waals surface area contributed by atoms with Gasteiger partial charge in [-0.25, -0.2) is 0 Å². The normalized spacial score (nSPS) is 18.8. The number of hydrogen-bond acceptors (Lipinski definition) is 2. The van der Waals surface area contributed by atoms with Crippen molar-refractivity contribution in [2.45, 2.75) is 25.7 Å². The molecule has 1 aromatic carbocycles. The zero-order chi connectivity index (χ0) is 12.8. The maximum absolute atomic E-state index is 6.21. The third kappa shape index (κ3) is 3.98. The summed E-state index contributed by atoms with van der Waals surface area (Å²) >= 11 is 6.21. The molecule has 1 aromatic rings. The molecule has 18 heavy (non-hydrogen) atoms. The van der Waals surface area contributed by atoms with Gasteiger partial charge in [0.15, 0.2) is 0 Å². The maximum atomic E-state index is 6.21. The molecule has 0 spiro atoms. The largest absolute Gasteiger partial charge is 0.330 e. The van der Waals surface area contributed by atoms with Gasteiger partial charge in [-0.2, -0.15) is 0 Å². The van der Waals surface area contributed by atoms with Crippen LogP contribution < -0.4 is 5.73 Å². The molecule has 1 saturated heterocycles. The lowest BCUT2D eigenvalue weighted by Crippen LogP contribution is -2.37. The van der Waals surface area contributed by atoms with Crippen LogP contribution in [-0.2, 0) is 6.42 Å². The lowest BCUT2D eigenvalue weighted by atomic mass is 9.98. The van der Waals surface area contributed by atoms with Gasteiger partial charge >= 0.3 is 0 Å². The number of benzene rings is 1. The lowest BCUT2D eigenvalue weighted by Gasteiger charge is -2.30. The van der Waals surface area contributed by atoms with Gasteiger partial charge in [0.2, 0.25) is 0 Å². The summed E-state index contributed by atoms with van der Waals surface area (Å²) in [5, 5.41) is 0.870. The fraction of sp³-hybridized carbons (Fsp3) is 0.600. The van der Waals surface area contributed by atoms with Crippen molar-refractivity contribution in [2.24, 2.45) is 11.7 Å². The number of halogens is 1. The van der Waals surface area contributed by atoms with Crippen LogP contribution >= 0.6 is 11.6 Å². The van der Waals surface area contributed by atoms with Crippen LogP contribution in [0.5, 0.6) is 0 Å². The van der Waals surface area contributed by atoms with Crippen LogP contribution in [0.4, 0.5) is 0 Å². The predicted octanol–water partition coefficient (Wildman–Crippen LogP) is 2.94. The van der Waals surface area contributed by atoms with E-state index in [0.29, 0.717) is 5.92 Å². The fourth-order valence-corrected chi connectivity index (χ4v) is 2.92. The van der Waals surface area contributed by atoms with Crippen LogP contribution in [0.15, 0.2) is 24.3 Å². The Morgan fingerprint density at radius 3 is 2.56 bits per heavy atom. The summed E-state index contributed by atoms with van der Waals surface area (Å²) in [7, 11) is 0. The highest BCUT2D eigenvalue weighted by molar-refractivity contribution is 6.31. The molecule has 0 aromatic heterocycles. The second-order valence-corrected chi connectivity index (χ2v) is 5.67. The SMILES string of the molecule is NCC(Cc1ccccc1Cl)CN1CCCCC1. The van der Waals surface area contributed by atoms with Crippen molar-refractivity contribution in [3.8, 4) is 0 Å². The average molecular weight is 267 g/mol. The molecule has 2 rings (SSSR count). The molecule has 1 fully saturated rings. The number of nitrogens with zero attached hydrogens (tertiary/aromatic N) is 1. The van der Waals surface area contributed by atoms with Crippen molar-refractivity contribution in [1.29, 1.82) is 0 Å². The van der Waals surface area contributed by atoms with Gasteiger partial charge in [0, 0.05) is 11.6 Å². The molecule has 0 bridgehead atoms. The number of piperidine rings is 1. The van der Waals surface area contributed by atoms with Gasteiger partial charge < -0.3 is 10.6 Å². The molecule has 1 aliphatic rings. The van der Waals surface area contributed by atoms with E-state index in [2.05, 4.69) is 17.0 Å². The summed E-state index contributed by atoms with van der Waals surface area (Å²) in [6.07, 6.45) is 5.05. The monoisotopic (exact) mass is 266 g/mol. The minimum atomic E-state index is 0.517. The van der Waals surface area contributed by atoms with Gasteiger partial charge in [-0.1, -0.05) is 36.2 Å². The molecule has 0 aliphatic carbocycles. The third-order valence-corrected chi connectivity index (χ3v) is 4.13. The smallest absolute Gasteiger partial charge is 0.0438 e. The van der Waals surface area contributed by atoms with Crippen molar-refractivity contribution in [3.05, 3.63) is 34.9 Å². The number of rotatable bonds is 5. The Labute approximate surface area is 115 Å². The van der Waals surface area contributed by atoms with Gasteiger partial charge in [0.1, 0.15) is 0 Å².